The van der Waals surface area contributed by atoms with Crippen LogP contribution in [-0.4, -0.2) is 22.1 Å². The zero-order valence-electron chi connectivity index (χ0n) is 11.3. The molecule has 106 valence electrons. The molecule has 1 unspecified atom stereocenters. The Hall–Kier alpha value is -2.05. The predicted octanol–water partition coefficient (Wildman–Crippen LogP) is 2.84. The summed E-state index contributed by atoms with van der Waals surface area (Å²) in [4.78, 5) is 13.0. The molecular weight excluding hydrogens is 332 g/mol. The number of pyridine rings is 1. The summed E-state index contributed by atoms with van der Waals surface area (Å²) in [6.07, 6.45) is 3.16. The van der Waals surface area contributed by atoms with Gasteiger partial charge in [0.05, 0.1) is 24.4 Å². The average molecular weight is 345 g/mol. The lowest BCUT2D eigenvalue weighted by Crippen LogP contribution is -2.17. The molecular formula is C15H13BrN4O. The predicted molar refractivity (Wildman–Crippen MR) is 84.1 cm³/mol. The van der Waals surface area contributed by atoms with Gasteiger partial charge >= 0.3 is 0 Å². The van der Waals surface area contributed by atoms with Gasteiger partial charge in [0.25, 0.3) is 0 Å². The number of aromatic nitrogens is 3. The number of benzene rings is 1. The molecule has 6 heteroatoms. The van der Waals surface area contributed by atoms with Crippen LogP contribution < -0.4 is 10.5 Å². The topological polar surface area (TPSA) is 73.9 Å². The summed E-state index contributed by atoms with van der Waals surface area (Å²) in [5, 5.41) is 1.05. The second-order valence-electron chi connectivity index (χ2n) is 4.48. The van der Waals surface area contributed by atoms with Crippen molar-refractivity contribution in [3.63, 3.8) is 0 Å². The maximum Gasteiger partial charge on any atom is 0.237 e. The Morgan fingerprint density at radius 1 is 1.14 bits per heavy atom. The van der Waals surface area contributed by atoms with E-state index in [1.54, 1.807) is 19.5 Å². The number of para-hydroxylation sites is 1. The van der Waals surface area contributed by atoms with Crippen LogP contribution in [0.15, 0.2) is 47.2 Å². The van der Waals surface area contributed by atoms with E-state index >= 15 is 0 Å². The van der Waals surface area contributed by atoms with Crippen LogP contribution >= 0.6 is 15.9 Å². The largest absolute Gasteiger partial charge is 0.480 e. The standard InChI is InChI=1S/C15H13BrN4O/c1-21-15-14(18-6-7-19-15)12(17)13-10(16)8-9-4-2-3-5-11(9)20-13/h2-8,12H,17H2,1H3. The summed E-state index contributed by atoms with van der Waals surface area (Å²) in [6.45, 7) is 0. The second-order valence-corrected chi connectivity index (χ2v) is 5.33. The number of halogens is 1. The molecule has 2 N–H and O–H groups in total. The number of nitrogens with zero attached hydrogens (tertiary/aromatic N) is 3. The van der Waals surface area contributed by atoms with E-state index in [4.69, 9.17) is 10.5 Å². The van der Waals surface area contributed by atoms with Gasteiger partial charge in [-0.3, -0.25) is 4.98 Å². The lowest BCUT2D eigenvalue weighted by molar-refractivity contribution is 0.386. The van der Waals surface area contributed by atoms with Crippen LogP contribution in [-0.2, 0) is 0 Å². The molecule has 0 fully saturated rings. The number of methoxy groups -OCH3 is 1. The third-order valence-electron chi connectivity index (χ3n) is 3.18. The molecule has 0 amide bonds. The first kappa shape index (κ1) is 13.9. The Labute approximate surface area is 130 Å². The highest BCUT2D eigenvalue weighted by Gasteiger charge is 2.20. The van der Waals surface area contributed by atoms with E-state index in [2.05, 4.69) is 30.9 Å². The molecule has 1 aromatic carbocycles. The SMILES string of the molecule is COc1nccnc1C(N)c1nc2ccccc2cc1Br. The van der Waals surface area contributed by atoms with Gasteiger partial charge in [-0.25, -0.2) is 9.97 Å². The first-order valence-electron chi connectivity index (χ1n) is 6.36. The lowest BCUT2D eigenvalue weighted by atomic mass is 10.1. The molecule has 0 saturated carbocycles. The van der Waals surface area contributed by atoms with Crippen molar-refractivity contribution in [1.82, 2.24) is 15.0 Å². The van der Waals surface area contributed by atoms with Crippen molar-refractivity contribution in [3.05, 3.63) is 58.6 Å². The summed E-state index contributed by atoms with van der Waals surface area (Å²) in [6, 6.07) is 9.36. The van der Waals surface area contributed by atoms with Crippen LogP contribution in [0.25, 0.3) is 10.9 Å². The Morgan fingerprint density at radius 2 is 1.90 bits per heavy atom. The van der Waals surface area contributed by atoms with E-state index in [0.29, 0.717) is 17.3 Å². The Bertz CT molecular complexity index is 793. The quantitative estimate of drug-likeness (QED) is 0.790. The number of nitrogens with two attached hydrogens (primary N) is 1. The number of hydrogen-bond donors (Lipinski definition) is 1. The number of rotatable bonds is 3. The van der Waals surface area contributed by atoms with Crippen molar-refractivity contribution in [1.29, 1.82) is 0 Å². The maximum atomic E-state index is 6.31. The molecule has 0 saturated heterocycles. The van der Waals surface area contributed by atoms with Gasteiger partial charge in [-0.15, -0.1) is 0 Å². The normalized spacial score (nSPS) is 12.3. The monoisotopic (exact) mass is 344 g/mol. The fraction of sp³-hybridized carbons (Fsp3) is 0.133. The molecule has 2 aromatic heterocycles. The number of fused-ring (bicyclic) bond motifs is 1. The Kier molecular flexibility index (Phi) is 3.81. The van der Waals surface area contributed by atoms with Crippen LogP contribution in [0.1, 0.15) is 17.4 Å². The molecule has 0 aliphatic carbocycles. The van der Waals surface area contributed by atoms with Gasteiger partial charge in [-0.2, -0.15) is 0 Å². The van der Waals surface area contributed by atoms with Crippen LogP contribution in [0.5, 0.6) is 5.88 Å². The van der Waals surface area contributed by atoms with Crippen molar-refractivity contribution in [2.45, 2.75) is 6.04 Å². The highest BCUT2D eigenvalue weighted by atomic mass is 79.9. The summed E-state index contributed by atoms with van der Waals surface area (Å²) in [7, 11) is 1.54. The minimum absolute atomic E-state index is 0.409. The zero-order valence-corrected chi connectivity index (χ0v) is 12.9. The summed E-state index contributed by atoms with van der Waals surface area (Å²) >= 11 is 3.53. The lowest BCUT2D eigenvalue weighted by Gasteiger charge is -2.15. The Morgan fingerprint density at radius 3 is 2.71 bits per heavy atom. The summed E-state index contributed by atoms with van der Waals surface area (Å²) in [5.74, 6) is 0.409. The van der Waals surface area contributed by atoms with Gasteiger partial charge in [-0.05, 0) is 28.1 Å². The molecule has 21 heavy (non-hydrogen) atoms. The van der Waals surface area contributed by atoms with E-state index in [1.807, 2.05) is 30.3 Å². The first-order chi connectivity index (χ1) is 10.2. The smallest absolute Gasteiger partial charge is 0.237 e. The fourth-order valence-corrected chi connectivity index (χ4v) is 2.74. The molecule has 3 rings (SSSR count). The average Bonchev–Trinajstić information content (AvgIpc) is 2.53. The third-order valence-corrected chi connectivity index (χ3v) is 3.81. The molecule has 0 aliphatic heterocycles. The van der Waals surface area contributed by atoms with Crippen LogP contribution in [0.2, 0.25) is 0 Å². The van der Waals surface area contributed by atoms with Crippen LogP contribution in [0.4, 0.5) is 0 Å². The Balaban J connectivity index is 2.13. The minimum Gasteiger partial charge on any atom is -0.480 e. The third kappa shape index (κ3) is 2.59. The van der Waals surface area contributed by atoms with Crippen molar-refractivity contribution in [2.75, 3.05) is 7.11 Å². The highest BCUT2D eigenvalue weighted by molar-refractivity contribution is 9.10. The molecule has 2 heterocycles. The van der Waals surface area contributed by atoms with E-state index in [9.17, 15) is 0 Å². The van der Waals surface area contributed by atoms with Gasteiger partial charge in [0.1, 0.15) is 5.69 Å². The van der Waals surface area contributed by atoms with E-state index < -0.39 is 6.04 Å². The van der Waals surface area contributed by atoms with Crippen molar-refractivity contribution in [2.24, 2.45) is 5.73 Å². The second kappa shape index (κ2) is 5.75. The molecule has 0 bridgehead atoms. The summed E-state index contributed by atoms with van der Waals surface area (Å²) < 4.78 is 6.05. The number of hydrogen-bond acceptors (Lipinski definition) is 5. The molecule has 0 spiro atoms. The molecule has 0 radical (unpaired) electrons. The maximum absolute atomic E-state index is 6.31. The van der Waals surface area contributed by atoms with Crippen molar-refractivity contribution in [3.8, 4) is 5.88 Å². The summed E-state index contributed by atoms with van der Waals surface area (Å²) in [5.41, 5.74) is 8.45. The van der Waals surface area contributed by atoms with Crippen molar-refractivity contribution < 1.29 is 4.74 Å². The van der Waals surface area contributed by atoms with E-state index in [0.717, 1.165) is 15.4 Å². The van der Waals surface area contributed by atoms with Crippen molar-refractivity contribution >= 4 is 26.8 Å². The molecule has 1 atom stereocenters. The number of ether oxygens (including phenoxy) is 1. The van der Waals surface area contributed by atoms with E-state index in [1.165, 1.54) is 0 Å². The van der Waals surface area contributed by atoms with Crippen LogP contribution in [0, 0.1) is 0 Å². The first-order valence-corrected chi connectivity index (χ1v) is 7.15. The minimum atomic E-state index is -0.521. The zero-order chi connectivity index (χ0) is 14.8. The molecule has 5 nitrogen and oxygen atoms in total. The van der Waals surface area contributed by atoms with E-state index in [-0.39, 0.29) is 0 Å². The molecule has 0 aliphatic rings. The van der Waals surface area contributed by atoms with Gasteiger partial charge in [0, 0.05) is 22.3 Å². The van der Waals surface area contributed by atoms with Crippen LogP contribution in [0.3, 0.4) is 0 Å². The van der Waals surface area contributed by atoms with Gasteiger partial charge in [0.2, 0.25) is 5.88 Å². The fourth-order valence-electron chi connectivity index (χ4n) is 2.16. The highest BCUT2D eigenvalue weighted by Crippen LogP contribution is 2.30. The van der Waals surface area contributed by atoms with Gasteiger partial charge in [-0.1, -0.05) is 18.2 Å². The van der Waals surface area contributed by atoms with Gasteiger partial charge < -0.3 is 10.5 Å². The van der Waals surface area contributed by atoms with Gasteiger partial charge in [0.15, 0.2) is 0 Å². The molecule has 3 aromatic rings.